The van der Waals surface area contributed by atoms with Gasteiger partial charge in [0.05, 0.1) is 5.56 Å². The van der Waals surface area contributed by atoms with E-state index < -0.39 is 0 Å². The lowest BCUT2D eigenvalue weighted by Crippen LogP contribution is -1.90. The Morgan fingerprint density at radius 3 is 2.86 bits per heavy atom. The fourth-order valence-corrected chi connectivity index (χ4v) is 2.17. The lowest BCUT2D eigenvalue weighted by atomic mass is 10.1. The van der Waals surface area contributed by atoms with Gasteiger partial charge in [-0.15, -0.1) is 0 Å². The van der Waals surface area contributed by atoms with Crippen LogP contribution < -0.4 is 0 Å². The Bertz CT molecular complexity index is 518. The van der Waals surface area contributed by atoms with Crippen LogP contribution in [0.1, 0.15) is 17.3 Å². The molecule has 1 heterocycles. The highest BCUT2D eigenvalue weighted by Gasteiger charge is 2.13. The SMILES string of the molecule is CC(=O)c1c(Cl)[nH]c2ccc(Br)cc12. The summed E-state index contributed by atoms with van der Waals surface area (Å²) in [6.07, 6.45) is 0. The Hall–Kier alpha value is -0.800. The van der Waals surface area contributed by atoms with Gasteiger partial charge in [-0.3, -0.25) is 4.79 Å². The van der Waals surface area contributed by atoms with E-state index in [0.29, 0.717) is 10.7 Å². The molecule has 14 heavy (non-hydrogen) atoms. The molecule has 4 heteroatoms. The van der Waals surface area contributed by atoms with Gasteiger partial charge in [-0.1, -0.05) is 27.5 Å². The van der Waals surface area contributed by atoms with E-state index in [-0.39, 0.29) is 5.78 Å². The van der Waals surface area contributed by atoms with Crippen molar-refractivity contribution in [1.29, 1.82) is 0 Å². The molecule has 0 amide bonds. The molecule has 0 spiro atoms. The average Bonchev–Trinajstić information content (AvgIpc) is 2.40. The first-order valence-corrected chi connectivity index (χ1v) is 5.24. The van der Waals surface area contributed by atoms with Crippen molar-refractivity contribution >= 4 is 44.2 Å². The number of benzene rings is 1. The number of halogens is 2. The number of hydrogen-bond acceptors (Lipinski definition) is 1. The molecule has 72 valence electrons. The van der Waals surface area contributed by atoms with Gasteiger partial charge in [0.25, 0.3) is 0 Å². The minimum absolute atomic E-state index is 0.0284. The molecule has 1 aromatic carbocycles. The van der Waals surface area contributed by atoms with Crippen LogP contribution in [-0.4, -0.2) is 10.8 Å². The van der Waals surface area contributed by atoms with Crippen molar-refractivity contribution in [1.82, 2.24) is 4.98 Å². The molecule has 0 atom stereocenters. The van der Waals surface area contributed by atoms with Crippen LogP contribution in [-0.2, 0) is 0 Å². The van der Waals surface area contributed by atoms with E-state index in [1.54, 1.807) is 0 Å². The van der Waals surface area contributed by atoms with Crippen molar-refractivity contribution in [3.63, 3.8) is 0 Å². The van der Waals surface area contributed by atoms with Gasteiger partial charge in [-0.05, 0) is 25.1 Å². The van der Waals surface area contributed by atoms with Gasteiger partial charge in [0.2, 0.25) is 0 Å². The van der Waals surface area contributed by atoms with E-state index in [1.165, 1.54) is 6.92 Å². The van der Waals surface area contributed by atoms with Crippen molar-refractivity contribution < 1.29 is 4.79 Å². The first kappa shape index (κ1) is 9.74. The summed E-state index contributed by atoms with van der Waals surface area (Å²) in [5, 5.41) is 1.27. The minimum atomic E-state index is -0.0284. The molecule has 0 bridgehead atoms. The van der Waals surface area contributed by atoms with Gasteiger partial charge in [-0.25, -0.2) is 0 Å². The molecule has 0 aliphatic carbocycles. The first-order valence-electron chi connectivity index (χ1n) is 4.07. The average molecular weight is 273 g/mol. The molecule has 0 aliphatic heterocycles. The highest BCUT2D eigenvalue weighted by atomic mass is 79.9. The summed E-state index contributed by atoms with van der Waals surface area (Å²) in [5.41, 5.74) is 1.44. The van der Waals surface area contributed by atoms with Crippen molar-refractivity contribution in [3.8, 4) is 0 Å². The Morgan fingerprint density at radius 2 is 2.21 bits per heavy atom. The van der Waals surface area contributed by atoms with Crippen LogP contribution >= 0.6 is 27.5 Å². The molecule has 0 radical (unpaired) electrons. The number of nitrogens with one attached hydrogen (secondary N) is 1. The molecule has 0 unspecified atom stereocenters. The van der Waals surface area contributed by atoms with Crippen LogP contribution in [0.3, 0.4) is 0 Å². The number of aromatic amines is 1. The van der Waals surface area contributed by atoms with E-state index in [0.717, 1.165) is 15.4 Å². The van der Waals surface area contributed by atoms with Crippen LogP contribution in [0.25, 0.3) is 10.9 Å². The maximum absolute atomic E-state index is 11.3. The van der Waals surface area contributed by atoms with Gasteiger partial charge in [0.15, 0.2) is 5.78 Å². The molecule has 2 nitrogen and oxygen atoms in total. The summed E-state index contributed by atoms with van der Waals surface area (Å²) in [6.45, 7) is 1.51. The predicted octanol–water partition coefficient (Wildman–Crippen LogP) is 3.79. The number of hydrogen-bond donors (Lipinski definition) is 1. The van der Waals surface area contributed by atoms with Gasteiger partial charge >= 0.3 is 0 Å². The van der Waals surface area contributed by atoms with Crippen LogP contribution in [0.5, 0.6) is 0 Å². The van der Waals surface area contributed by atoms with Crippen molar-refractivity contribution in [2.45, 2.75) is 6.92 Å². The second-order valence-electron chi connectivity index (χ2n) is 3.06. The quantitative estimate of drug-likeness (QED) is 0.787. The fraction of sp³-hybridized carbons (Fsp3) is 0.100. The summed E-state index contributed by atoms with van der Waals surface area (Å²) >= 11 is 9.28. The Balaban J connectivity index is 2.86. The summed E-state index contributed by atoms with van der Waals surface area (Å²) in [6, 6.07) is 5.67. The normalized spacial score (nSPS) is 10.8. The second-order valence-corrected chi connectivity index (χ2v) is 4.35. The molecule has 2 aromatic rings. The molecular formula is C10H7BrClNO. The van der Waals surface area contributed by atoms with Crippen molar-refractivity contribution in [3.05, 3.63) is 33.4 Å². The first-order chi connectivity index (χ1) is 6.59. The van der Waals surface area contributed by atoms with Crippen molar-refractivity contribution in [2.75, 3.05) is 0 Å². The third-order valence-corrected chi connectivity index (χ3v) is 2.84. The van der Waals surface area contributed by atoms with E-state index in [2.05, 4.69) is 20.9 Å². The van der Waals surface area contributed by atoms with Crippen molar-refractivity contribution in [2.24, 2.45) is 0 Å². The Morgan fingerprint density at radius 1 is 1.50 bits per heavy atom. The molecule has 1 N–H and O–H groups in total. The van der Waals surface area contributed by atoms with Gasteiger partial charge < -0.3 is 4.98 Å². The maximum atomic E-state index is 11.3. The monoisotopic (exact) mass is 271 g/mol. The fourth-order valence-electron chi connectivity index (χ4n) is 1.48. The highest BCUT2D eigenvalue weighted by Crippen LogP contribution is 2.28. The zero-order chi connectivity index (χ0) is 10.3. The van der Waals surface area contributed by atoms with Gasteiger partial charge in [0.1, 0.15) is 5.15 Å². The molecule has 0 saturated heterocycles. The molecule has 1 aromatic heterocycles. The van der Waals surface area contributed by atoms with Crippen LogP contribution in [0, 0.1) is 0 Å². The highest BCUT2D eigenvalue weighted by molar-refractivity contribution is 9.10. The number of Topliss-reactive ketones (excluding diaryl/α,β-unsaturated/α-hetero) is 1. The largest absolute Gasteiger partial charge is 0.345 e. The van der Waals surface area contributed by atoms with Crippen LogP contribution in [0.2, 0.25) is 5.15 Å². The summed E-state index contributed by atoms with van der Waals surface area (Å²) in [5.74, 6) is -0.0284. The number of rotatable bonds is 1. The Labute approximate surface area is 94.4 Å². The smallest absolute Gasteiger partial charge is 0.163 e. The number of fused-ring (bicyclic) bond motifs is 1. The maximum Gasteiger partial charge on any atom is 0.163 e. The predicted molar refractivity (Wildman–Crippen MR) is 61.0 cm³/mol. The number of ketones is 1. The molecule has 0 aliphatic rings. The lowest BCUT2D eigenvalue weighted by Gasteiger charge is -1.94. The number of carbonyl (C=O) groups excluding carboxylic acids is 1. The zero-order valence-corrected chi connectivity index (χ0v) is 9.74. The molecule has 2 rings (SSSR count). The summed E-state index contributed by atoms with van der Waals surface area (Å²) < 4.78 is 0.933. The van der Waals surface area contributed by atoms with Crippen LogP contribution in [0.4, 0.5) is 0 Å². The Kier molecular flexibility index (Phi) is 2.37. The van der Waals surface area contributed by atoms with E-state index in [9.17, 15) is 4.79 Å². The summed E-state index contributed by atoms with van der Waals surface area (Å²) in [7, 11) is 0. The van der Waals surface area contributed by atoms with E-state index in [4.69, 9.17) is 11.6 Å². The summed E-state index contributed by atoms with van der Waals surface area (Å²) in [4.78, 5) is 14.3. The van der Waals surface area contributed by atoms with Crippen LogP contribution in [0.15, 0.2) is 22.7 Å². The standard InChI is InChI=1S/C10H7BrClNO/c1-5(14)9-7-4-6(11)2-3-8(7)13-10(9)12/h2-4,13H,1H3. The second kappa shape index (κ2) is 3.41. The molecular weight excluding hydrogens is 265 g/mol. The lowest BCUT2D eigenvalue weighted by molar-refractivity contribution is 0.101. The number of H-pyrrole nitrogens is 1. The minimum Gasteiger partial charge on any atom is -0.345 e. The third kappa shape index (κ3) is 1.47. The van der Waals surface area contributed by atoms with E-state index >= 15 is 0 Å². The molecule has 0 fully saturated rings. The molecule has 0 saturated carbocycles. The third-order valence-electron chi connectivity index (χ3n) is 2.07. The van der Waals surface area contributed by atoms with Gasteiger partial charge in [-0.2, -0.15) is 0 Å². The number of aromatic nitrogens is 1. The van der Waals surface area contributed by atoms with Gasteiger partial charge in [0, 0.05) is 15.4 Å². The number of carbonyl (C=O) groups is 1. The zero-order valence-electron chi connectivity index (χ0n) is 7.40. The van der Waals surface area contributed by atoms with E-state index in [1.807, 2.05) is 18.2 Å². The topological polar surface area (TPSA) is 32.9 Å².